The van der Waals surface area contributed by atoms with Gasteiger partial charge < -0.3 is 16.3 Å². The van der Waals surface area contributed by atoms with Crippen LogP contribution >= 0.6 is 0 Å². The first-order valence-electron chi connectivity index (χ1n) is 5.48. The van der Waals surface area contributed by atoms with E-state index in [-0.39, 0.29) is 5.84 Å². The highest BCUT2D eigenvalue weighted by Crippen LogP contribution is 2.08. The van der Waals surface area contributed by atoms with Gasteiger partial charge in [-0.25, -0.2) is 0 Å². The zero-order valence-corrected chi connectivity index (χ0v) is 10.0. The summed E-state index contributed by atoms with van der Waals surface area (Å²) in [6, 6.07) is 7.48. The van der Waals surface area contributed by atoms with E-state index in [0.29, 0.717) is 12.1 Å². The van der Waals surface area contributed by atoms with E-state index >= 15 is 0 Å². The number of amidine groups is 1. The second-order valence-corrected chi connectivity index (χ2v) is 3.94. The number of oxime groups is 1. The van der Waals surface area contributed by atoms with Crippen molar-refractivity contribution >= 4 is 11.5 Å². The predicted molar refractivity (Wildman–Crippen MR) is 69.5 cm³/mol. The summed E-state index contributed by atoms with van der Waals surface area (Å²) in [7, 11) is 1.87. The minimum atomic E-state index is 0.113. The Balaban J connectivity index is 1.98. The first kappa shape index (κ1) is 12.0. The molecule has 6 heteroatoms. The van der Waals surface area contributed by atoms with Crippen LogP contribution in [0.15, 0.2) is 41.8 Å². The lowest BCUT2D eigenvalue weighted by Crippen LogP contribution is -2.12. The van der Waals surface area contributed by atoms with Crippen LogP contribution in [0.3, 0.4) is 0 Å². The van der Waals surface area contributed by atoms with Crippen LogP contribution < -0.4 is 11.1 Å². The molecule has 0 saturated heterocycles. The highest BCUT2D eigenvalue weighted by molar-refractivity contribution is 5.96. The molecule has 0 atom stereocenters. The topological polar surface area (TPSA) is 88.5 Å². The highest BCUT2D eigenvalue weighted by atomic mass is 16.4. The van der Waals surface area contributed by atoms with Crippen molar-refractivity contribution in [2.75, 3.05) is 5.32 Å². The third-order valence-corrected chi connectivity index (χ3v) is 2.56. The number of aromatic nitrogens is 2. The average molecular weight is 245 g/mol. The molecule has 94 valence electrons. The molecule has 0 fully saturated rings. The molecule has 0 saturated carbocycles. The third kappa shape index (κ3) is 2.79. The first-order chi connectivity index (χ1) is 8.69. The van der Waals surface area contributed by atoms with E-state index in [1.807, 2.05) is 37.5 Å². The van der Waals surface area contributed by atoms with Crippen molar-refractivity contribution in [1.82, 2.24) is 9.78 Å². The lowest BCUT2D eigenvalue weighted by molar-refractivity contribution is 0.318. The molecule has 0 amide bonds. The fraction of sp³-hybridized carbons (Fsp3) is 0.167. The summed E-state index contributed by atoms with van der Waals surface area (Å²) in [5, 5.41) is 18.8. The molecule has 1 aromatic carbocycles. The molecule has 0 spiro atoms. The number of benzene rings is 1. The van der Waals surface area contributed by atoms with Crippen LogP contribution in [-0.4, -0.2) is 20.8 Å². The van der Waals surface area contributed by atoms with Gasteiger partial charge >= 0.3 is 0 Å². The zero-order valence-electron chi connectivity index (χ0n) is 10.0. The average Bonchev–Trinajstić information content (AvgIpc) is 2.82. The number of rotatable bonds is 4. The fourth-order valence-electron chi connectivity index (χ4n) is 1.57. The molecule has 0 unspecified atom stereocenters. The van der Waals surface area contributed by atoms with Crippen molar-refractivity contribution in [3.05, 3.63) is 47.8 Å². The molecule has 0 aliphatic heterocycles. The van der Waals surface area contributed by atoms with Crippen LogP contribution in [-0.2, 0) is 13.6 Å². The van der Waals surface area contributed by atoms with Crippen molar-refractivity contribution in [2.24, 2.45) is 17.9 Å². The fourth-order valence-corrected chi connectivity index (χ4v) is 1.57. The lowest BCUT2D eigenvalue weighted by Gasteiger charge is -2.04. The predicted octanol–water partition coefficient (Wildman–Crippen LogP) is 1.13. The van der Waals surface area contributed by atoms with Gasteiger partial charge in [-0.3, -0.25) is 4.68 Å². The van der Waals surface area contributed by atoms with Crippen LogP contribution in [0.5, 0.6) is 0 Å². The molecule has 6 nitrogen and oxygen atoms in total. The van der Waals surface area contributed by atoms with Crippen LogP contribution in [0.25, 0.3) is 0 Å². The molecule has 2 rings (SSSR count). The van der Waals surface area contributed by atoms with Gasteiger partial charge in [-0.15, -0.1) is 0 Å². The lowest BCUT2D eigenvalue weighted by atomic mass is 10.1. The van der Waals surface area contributed by atoms with Gasteiger partial charge in [-0.05, 0) is 5.56 Å². The van der Waals surface area contributed by atoms with Gasteiger partial charge in [0, 0.05) is 25.4 Å². The van der Waals surface area contributed by atoms with E-state index in [1.165, 1.54) is 0 Å². The van der Waals surface area contributed by atoms with E-state index in [1.54, 1.807) is 10.9 Å². The van der Waals surface area contributed by atoms with Gasteiger partial charge in [0.25, 0.3) is 0 Å². The number of nitrogens with two attached hydrogens (primary N) is 1. The van der Waals surface area contributed by atoms with Crippen molar-refractivity contribution < 1.29 is 5.21 Å². The Morgan fingerprint density at radius 1 is 1.44 bits per heavy atom. The molecule has 0 bridgehead atoms. The molecule has 1 aromatic heterocycles. The highest BCUT2D eigenvalue weighted by Gasteiger charge is 2.00. The number of hydrogen-bond acceptors (Lipinski definition) is 4. The number of aryl methyl sites for hydroxylation is 1. The molecule has 0 aliphatic rings. The van der Waals surface area contributed by atoms with E-state index in [4.69, 9.17) is 10.9 Å². The molecule has 0 radical (unpaired) electrons. The molecule has 0 aliphatic carbocycles. The Labute approximate surface area is 105 Å². The number of nitrogens with one attached hydrogen (secondary N) is 1. The maximum atomic E-state index is 8.55. The summed E-state index contributed by atoms with van der Waals surface area (Å²) >= 11 is 0. The van der Waals surface area contributed by atoms with Crippen molar-refractivity contribution in [2.45, 2.75) is 6.54 Å². The monoisotopic (exact) mass is 245 g/mol. The Morgan fingerprint density at radius 3 is 2.72 bits per heavy atom. The number of anilines is 1. The van der Waals surface area contributed by atoms with Gasteiger partial charge in [0.2, 0.25) is 0 Å². The molecule has 18 heavy (non-hydrogen) atoms. The molecular weight excluding hydrogens is 230 g/mol. The largest absolute Gasteiger partial charge is 0.409 e. The van der Waals surface area contributed by atoms with Crippen molar-refractivity contribution in [3.63, 3.8) is 0 Å². The molecule has 2 aromatic rings. The van der Waals surface area contributed by atoms with Crippen molar-refractivity contribution in [3.8, 4) is 0 Å². The van der Waals surface area contributed by atoms with Gasteiger partial charge in [0.1, 0.15) is 0 Å². The van der Waals surface area contributed by atoms with E-state index in [9.17, 15) is 0 Å². The maximum absolute atomic E-state index is 8.55. The zero-order chi connectivity index (χ0) is 13.0. The summed E-state index contributed by atoms with van der Waals surface area (Å²) in [5.74, 6) is 0.113. The minimum Gasteiger partial charge on any atom is -0.409 e. The normalized spacial score (nSPS) is 11.5. The Morgan fingerprint density at radius 2 is 2.17 bits per heavy atom. The van der Waals surface area contributed by atoms with Crippen LogP contribution in [0, 0.1) is 0 Å². The van der Waals surface area contributed by atoms with E-state index < -0.39 is 0 Å². The van der Waals surface area contributed by atoms with E-state index in [2.05, 4.69) is 15.6 Å². The maximum Gasteiger partial charge on any atom is 0.170 e. The van der Waals surface area contributed by atoms with Crippen LogP contribution in [0.2, 0.25) is 0 Å². The second kappa shape index (κ2) is 5.22. The summed E-state index contributed by atoms with van der Waals surface area (Å²) in [5.41, 5.74) is 8.26. The quantitative estimate of drug-likeness (QED) is 0.326. The molecule has 4 N–H and O–H groups in total. The summed E-state index contributed by atoms with van der Waals surface area (Å²) in [6.07, 6.45) is 3.68. The molecule has 1 heterocycles. The SMILES string of the molecule is Cn1cc(NCc2ccc(C(N)=NO)cc2)cn1. The Bertz CT molecular complexity index is 544. The Kier molecular flexibility index (Phi) is 3.47. The molecular formula is C12H15N5O. The summed E-state index contributed by atoms with van der Waals surface area (Å²) in [6.45, 7) is 0.697. The number of nitrogens with zero attached hydrogens (tertiary/aromatic N) is 3. The van der Waals surface area contributed by atoms with Crippen molar-refractivity contribution in [1.29, 1.82) is 0 Å². The standard InChI is InChI=1S/C12H15N5O/c1-17-8-11(7-15-17)14-6-9-2-4-10(5-3-9)12(13)16-18/h2-5,7-8,14,18H,6H2,1H3,(H2,13,16). The van der Waals surface area contributed by atoms with Gasteiger partial charge in [0.15, 0.2) is 5.84 Å². The smallest absolute Gasteiger partial charge is 0.170 e. The van der Waals surface area contributed by atoms with Gasteiger partial charge in [-0.2, -0.15) is 5.10 Å². The van der Waals surface area contributed by atoms with Gasteiger partial charge in [-0.1, -0.05) is 29.4 Å². The van der Waals surface area contributed by atoms with Crippen LogP contribution in [0.4, 0.5) is 5.69 Å². The summed E-state index contributed by atoms with van der Waals surface area (Å²) in [4.78, 5) is 0. The van der Waals surface area contributed by atoms with Gasteiger partial charge in [0.05, 0.1) is 11.9 Å². The second-order valence-electron chi connectivity index (χ2n) is 3.94. The Hall–Kier alpha value is -2.50. The third-order valence-electron chi connectivity index (χ3n) is 2.56. The summed E-state index contributed by atoms with van der Waals surface area (Å²) < 4.78 is 1.74. The number of hydrogen-bond donors (Lipinski definition) is 3. The minimum absolute atomic E-state index is 0.113. The van der Waals surface area contributed by atoms with E-state index in [0.717, 1.165) is 11.3 Å². The first-order valence-corrected chi connectivity index (χ1v) is 5.48. The van der Waals surface area contributed by atoms with Crippen LogP contribution in [0.1, 0.15) is 11.1 Å².